The second-order valence-electron chi connectivity index (χ2n) is 4.30. The first-order chi connectivity index (χ1) is 9.22. The fourth-order valence-electron chi connectivity index (χ4n) is 1.97. The van der Waals surface area contributed by atoms with E-state index < -0.39 is 0 Å². The van der Waals surface area contributed by atoms with Crippen LogP contribution in [0.25, 0.3) is 10.1 Å². The van der Waals surface area contributed by atoms with Gasteiger partial charge in [-0.05, 0) is 53.2 Å². The van der Waals surface area contributed by atoms with Crippen molar-refractivity contribution < 1.29 is 5.11 Å². The summed E-state index contributed by atoms with van der Waals surface area (Å²) < 4.78 is 1.27. The molecule has 0 atom stereocenters. The van der Waals surface area contributed by atoms with Gasteiger partial charge in [-0.3, -0.25) is 0 Å². The van der Waals surface area contributed by atoms with Crippen LogP contribution in [0.15, 0.2) is 47.8 Å². The van der Waals surface area contributed by atoms with E-state index in [1.54, 1.807) is 29.5 Å². The van der Waals surface area contributed by atoms with Crippen LogP contribution in [0.3, 0.4) is 0 Å². The van der Waals surface area contributed by atoms with Gasteiger partial charge in [0.2, 0.25) is 0 Å². The molecule has 3 rings (SSSR count). The maximum absolute atomic E-state index is 9.75. The molecule has 0 spiro atoms. The molecule has 0 amide bonds. The zero-order valence-corrected chi connectivity index (χ0v) is 11.6. The number of phenolic OH excluding ortho intramolecular Hbond substituents is 1. The third-order valence-corrected chi connectivity index (χ3v) is 4.11. The number of phenols is 1. The van der Waals surface area contributed by atoms with Crippen LogP contribution in [0.4, 0.5) is 5.69 Å². The highest BCUT2D eigenvalue weighted by Gasteiger charge is 2.03. The number of anilines is 1. The van der Waals surface area contributed by atoms with Crippen LogP contribution in [0.5, 0.6) is 5.75 Å². The minimum atomic E-state index is 0.258. The Morgan fingerprint density at radius 2 is 2.00 bits per heavy atom. The Morgan fingerprint density at radius 3 is 2.89 bits per heavy atom. The Kier molecular flexibility index (Phi) is 3.32. The summed E-state index contributed by atoms with van der Waals surface area (Å²) in [7, 11) is 0. The van der Waals surface area contributed by atoms with E-state index >= 15 is 0 Å². The Balaban J connectivity index is 1.79. The van der Waals surface area contributed by atoms with Gasteiger partial charge in [-0.1, -0.05) is 11.6 Å². The molecule has 4 heteroatoms. The maximum atomic E-state index is 9.75. The predicted molar refractivity (Wildman–Crippen MR) is 82.3 cm³/mol. The lowest BCUT2D eigenvalue weighted by Crippen LogP contribution is -1.99. The van der Waals surface area contributed by atoms with E-state index in [0.717, 1.165) is 11.3 Å². The molecule has 1 aromatic heterocycles. The summed E-state index contributed by atoms with van der Waals surface area (Å²) in [4.78, 5) is 0. The molecule has 0 unspecified atom stereocenters. The van der Waals surface area contributed by atoms with Crippen LogP contribution in [0.2, 0.25) is 5.02 Å². The number of aromatic hydroxyl groups is 1. The number of hydrogen-bond donors (Lipinski definition) is 2. The predicted octanol–water partition coefficient (Wildman–Crippen LogP) is 4.87. The Labute approximate surface area is 120 Å². The van der Waals surface area contributed by atoms with Crippen molar-refractivity contribution >= 4 is 38.7 Å². The second kappa shape index (κ2) is 5.11. The first-order valence-electron chi connectivity index (χ1n) is 5.91. The Morgan fingerprint density at radius 1 is 1.11 bits per heavy atom. The van der Waals surface area contributed by atoms with Gasteiger partial charge in [0.15, 0.2) is 0 Å². The normalized spacial score (nSPS) is 10.8. The van der Waals surface area contributed by atoms with E-state index in [0.29, 0.717) is 11.6 Å². The molecule has 2 aromatic carbocycles. The van der Waals surface area contributed by atoms with E-state index in [4.69, 9.17) is 11.6 Å². The summed E-state index contributed by atoms with van der Waals surface area (Å²) in [5.74, 6) is 0.258. The van der Waals surface area contributed by atoms with Crippen molar-refractivity contribution in [1.82, 2.24) is 0 Å². The van der Waals surface area contributed by atoms with Crippen molar-refractivity contribution in [1.29, 1.82) is 0 Å². The number of hydrogen-bond acceptors (Lipinski definition) is 3. The van der Waals surface area contributed by atoms with Gasteiger partial charge in [-0.2, -0.15) is 0 Å². The standard InChI is InChI=1S/C15H12ClNOS/c16-12-1-3-14(18)11(7-12)9-17-13-2-4-15-10(8-13)5-6-19-15/h1-8,17-18H,9H2. The van der Waals surface area contributed by atoms with E-state index in [1.807, 2.05) is 6.07 Å². The Bertz CT molecular complexity index is 723. The van der Waals surface area contributed by atoms with Crippen LogP contribution < -0.4 is 5.32 Å². The molecule has 1 heterocycles. The van der Waals surface area contributed by atoms with Crippen LogP contribution in [-0.4, -0.2) is 5.11 Å². The molecule has 0 aliphatic heterocycles. The smallest absolute Gasteiger partial charge is 0.120 e. The first-order valence-corrected chi connectivity index (χ1v) is 7.17. The monoisotopic (exact) mass is 289 g/mol. The number of thiophene rings is 1. The zero-order valence-electron chi connectivity index (χ0n) is 10.1. The van der Waals surface area contributed by atoms with Crippen LogP contribution in [0.1, 0.15) is 5.56 Å². The topological polar surface area (TPSA) is 32.3 Å². The van der Waals surface area contributed by atoms with Crippen LogP contribution >= 0.6 is 22.9 Å². The molecule has 0 aliphatic carbocycles. The third-order valence-electron chi connectivity index (χ3n) is 2.98. The summed E-state index contributed by atoms with van der Waals surface area (Å²) in [6.45, 7) is 0.544. The second-order valence-corrected chi connectivity index (χ2v) is 5.68. The van der Waals surface area contributed by atoms with E-state index in [9.17, 15) is 5.11 Å². The highest BCUT2D eigenvalue weighted by atomic mass is 35.5. The quantitative estimate of drug-likeness (QED) is 0.721. The minimum Gasteiger partial charge on any atom is -0.508 e. The molecular formula is C15H12ClNOS. The number of nitrogens with one attached hydrogen (secondary N) is 1. The van der Waals surface area contributed by atoms with E-state index in [1.165, 1.54) is 10.1 Å². The summed E-state index contributed by atoms with van der Waals surface area (Å²) >= 11 is 7.65. The van der Waals surface area contributed by atoms with Crippen LogP contribution in [0, 0.1) is 0 Å². The molecule has 0 aliphatic rings. The van der Waals surface area contributed by atoms with E-state index in [-0.39, 0.29) is 5.75 Å². The van der Waals surface area contributed by atoms with Crippen molar-refractivity contribution in [2.75, 3.05) is 5.32 Å². The van der Waals surface area contributed by atoms with Crippen molar-refractivity contribution in [2.24, 2.45) is 0 Å². The highest BCUT2D eigenvalue weighted by molar-refractivity contribution is 7.17. The van der Waals surface area contributed by atoms with Gasteiger partial charge in [-0.25, -0.2) is 0 Å². The number of fused-ring (bicyclic) bond motifs is 1. The fourth-order valence-corrected chi connectivity index (χ4v) is 2.94. The maximum Gasteiger partial charge on any atom is 0.120 e. The molecule has 19 heavy (non-hydrogen) atoms. The molecule has 0 saturated carbocycles. The largest absolute Gasteiger partial charge is 0.508 e. The average Bonchev–Trinajstić information content (AvgIpc) is 2.87. The van der Waals surface area contributed by atoms with Crippen molar-refractivity contribution in [3.63, 3.8) is 0 Å². The average molecular weight is 290 g/mol. The summed E-state index contributed by atoms with van der Waals surface area (Å²) in [6, 6.07) is 13.4. The molecule has 3 aromatic rings. The summed E-state index contributed by atoms with van der Waals surface area (Å²) in [5.41, 5.74) is 1.82. The third kappa shape index (κ3) is 2.67. The van der Waals surface area contributed by atoms with Crippen molar-refractivity contribution in [2.45, 2.75) is 6.54 Å². The first kappa shape index (κ1) is 12.3. The minimum absolute atomic E-state index is 0.258. The molecule has 0 fully saturated rings. The van der Waals surface area contributed by atoms with Gasteiger partial charge in [0, 0.05) is 27.5 Å². The van der Waals surface area contributed by atoms with Crippen molar-refractivity contribution in [3.8, 4) is 5.75 Å². The van der Waals surface area contributed by atoms with Gasteiger partial charge in [0.1, 0.15) is 5.75 Å². The van der Waals surface area contributed by atoms with Crippen LogP contribution in [-0.2, 0) is 6.54 Å². The van der Waals surface area contributed by atoms with Gasteiger partial charge in [-0.15, -0.1) is 11.3 Å². The molecule has 0 radical (unpaired) electrons. The fraction of sp³-hybridized carbons (Fsp3) is 0.0667. The molecule has 96 valence electrons. The van der Waals surface area contributed by atoms with Gasteiger partial charge in [0.25, 0.3) is 0 Å². The summed E-state index contributed by atoms with van der Waals surface area (Å²) in [5, 5.41) is 17.0. The molecule has 2 nitrogen and oxygen atoms in total. The highest BCUT2D eigenvalue weighted by Crippen LogP contribution is 2.26. The van der Waals surface area contributed by atoms with Gasteiger partial charge in [0.05, 0.1) is 0 Å². The molecule has 0 bridgehead atoms. The number of benzene rings is 2. The lowest BCUT2D eigenvalue weighted by molar-refractivity contribution is 0.469. The number of halogens is 1. The van der Waals surface area contributed by atoms with Gasteiger partial charge < -0.3 is 10.4 Å². The Hall–Kier alpha value is -1.71. The molecular weight excluding hydrogens is 278 g/mol. The number of rotatable bonds is 3. The SMILES string of the molecule is Oc1ccc(Cl)cc1CNc1ccc2sccc2c1. The summed E-state index contributed by atoms with van der Waals surface area (Å²) in [6.07, 6.45) is 0. The lowest BCUT2D eigenvalue weighted by atomic mass is 10.2. The lowest BCUT2D eigenvalue weighted by Gasteiger charge is -2.08. The van der Waals surface area contributed by atoms with Crippen molar-refractivity contribution in [3.05, 3.63) is 58.4 Å². The van der Waals surface area contributed by atoms with Gasteiger partial charge >= 0.3 is 0 Å². The molecule has 0 saturated heterocycles. The molecule has 2 N–H and O–H groups in total. The van der Waals surface area contributed by atoms with E-state index in [2.05, 4.69) is 28.9 Å². The zero-order chi connectivity index (χ0) is 13.2.